The Balaban J connectivity index is 1.12. The first kappa shape index (κ1) is 39.6. The van der Waals surface area contributed by atoms with Gasteiger partial charge in [0, 0.05) is 24.0 Å². The van der Waals surface area contributed by atoms with E-state index in [2.05, 4.69) is 11.7 Å². The highest BCUT2D eigenvalue weighted by molar-refractivity contribution is 5.35. The third-order valence-electron chi connectivity index (χ3n) is 10.7. The first-order valence-electron chi connectivity index (χ1n) is 17.7. The van der Waals surface area contributed by atoms with Crippen LogP contribution in [-0.4, -0.2) is 38.0 Å². The average Bonchev–Trinajstić information content (AvgIpc) is 3.07. The van der Waals surface area contributed by atoms with E-state index in [1.54, 1.807) is 6.07 Å². The molecule has 5 rings (SSSR count). The van der Waals surface area contributed by atoms with Crippen LogP contribution in [0, 0.1) is 35.2 Å². The number of hydrogen-bond acceptors (Lipinski definition) is 3. The fraction of sp³-hybridized carbons (Fsp3) is 0.676. The van der Waals surface area contributed by atoms with E-state index in [9.17, 15) is 35.1 Å². The van der Waals surface area contributed by atoms with Crippen LogP contribution < -0.4 is 4.74 Å². The number of rotatable bonds is 12. The number of alkyl halides is 8. The van der Waals surface area contributed by atoms with Crippen molar-refractivity contribution in [3.8, 4) is 5.75 Å². The Kier molecular flexibility index (Phi) is 12.6. The van der Waals surface area contributed by atoms with Crippen molar-refractivity contribution in [3.05, 3.63) is 64.5 Å². The van der Waals surface area contributed by atoms with Gasteiger partial charge in [-0.2, -0.15) is 30.7 Å². The van der Waals surface area contributed by atoms with Crippen LogP contribution in [0.15, 0.2) is 30.3 Å². The molecule has 1 aliphatic heterocycles. The van der Waals surface area contributed by atoms with Crippen molar-refractivity contribution < 1.29 is 62.5 Å². The zero-order chi connectivity index (χ0) is 37.1. The molecule has 2 aliphatic carbocycles. The van der Waals surface area contributed by atoms with Crippen molar-refractivity contribution in [3.63, 3.8) is 0 Å². The van der Waals surface area contributed by atoms with Crippen molar-refractivity contribution in [2.24, 2.45) is 17.8 Å². The summed E-state index contributed by atoms with van der Waals surface area (Å²) < 4.78 is 170. The number of halogens is 11. The summed E-state index contributed by atoms with van der Waals surface area (Å²) >= 11 is 0. The molecule has 14 heteroatoms. The molecule has 51 heavy (non-hydrogen) atoms. The Hall–Kier alpha value is -2.61. The quantitative estimate of drug-likeness (QED) is 0.160. The summed E-state index contributed by atoms with van der Waals surface area (Å²) in [5.74, 6) is -13.1. The smallest absolute Gasteiger partial charge is 0.426 e. The number of hydrogen-bond donors (Lipinski definition) is 0. The number of ether oxygens (including phenoxy) is 3. The highest BCUT2D eigenvalue weighted by atomic mass is 19.4. The zero-order valence-electron chi connectivity index (χ0n) is 28.2. The molecule has 1 heterocycles. The second kappa shape index (κ2) is 16.2. The first-order chi connectivity index (χ1) is 24.0. The molecule has 3 fully saturated rings. The maximum Gasteiger partial charge on any atom is 0.426 e. The van der Waals surface area contributed by atoms with Crippen molar-refractivity contribution >= 4 is 0 Å². The minimum absolute atomic E-state index is 0.134. The second-order valence-corrected chi connectivity index (χ2v) is 14.3. The number of unbranched alkanes of at least 4 members (excludes halogenated alkanes) is 2. The van der Waals surface area contributed by atoms with E-state index in [0.717, 1.165) is 37.7 Å². The van der Waals surface area contributed by atoms with E-state index in [1.165, 1.54) is 25.3 Å². The molecule has 0 amide bonds. The lowest BCUT2D eigenvalue weighted by atomic mass is 9.76. The molecule has 0 bridgehead atoms. The van der Waals surface area contributed by atoms with Gasteiger partial charge in [-0.3, -0.25) is 0 Å². The van der Waals surface area contributed by atoms with Gasteiger partial charge >= 0.3 is 18.2 Å². The Morgan fingerprint density at radius 1 is 0.745 bits per heavy atom. The van der Waals surface area contributed by atoms with Gasteiger partial charge in [-0.1, -0.05) is 38.3 Å². The average molecular weight is 745 g/mol. The van der Waals surface area contributed by atoms with E-state index in [1.807, 2.05) is 6.07 Å². The van der Waals surface area contributed by atoms with Gasteiger partial charge in [-0.05, 0) is 86.8 Å². The summed E-state index contributed by atoms with van der Waals surface area (Å²) in [6.07, 6.45) is -7.28. The Labute approximate surface area is 290 Å². The predicted octanol–water partition coefficient (Wildman–Crippen LogP) is 11.9. The minimum Gasteiger partial charge on any atom is -0.432 e. The summed E-state index contributed by atoms with van der Waals surface area (Å²) in [6.45, 7) is 3.60. The molecule has 2 saturated carbocycles. The van der Waals surface area contributed by atoms with Crippen molar-refractivity contribution in [2.45, 2.75) is 126 Å². The van der Waals surface area contributed by atoms with Gasteiger partial charge in [0.05, 0.1) is 24.7 Å². The van der Waals surface area contributed by atoms with Gasteiger partial charge in [0.25, 0.3) is 6.17 Å². The monoisotopic (exact) mass is 744 g/mol. The summed E-state index contributed by atoms with van der Waals surface area (Å²) in [5, 5.41) is 0. The third kappa shape index (κ3) is 9.31. The lowest BCUT2D eigenvalue weighted by Gasteiger charge is -2.38. The van der Waals surface area contributed by atoms with Gasteiger partial charge in [0.1, 0.15) is 23.2 Å². The van der Waals surface area contributed by atoms with Gasteiger partial charge in [-0.15, -0.1) is 0 Å². The molecule has 3 aliphatic rings. The molecule has 1 atom stereocenters. The largest absolute Gasteiger partial charge is 0.432 e. The molecular formula is C37H43F11O3. The highest BCUT2D eigenvalue weighted by Gasteiger charge is 2.60. The molecule has 0 N–H and O–H groups in total. The molecule has 1 saturated heterocycles. The van der Waals surface area contributed by atoms with E-state index < -0.39 is 59.1 Å². The van der Waals surface area contributed by atoms with Crippen molar-refractivity contribution in [1.29, 1.82) is 0 Å². The Morgan fingerprint density at radius 3 is 1.88 bits per heavy atom. The fourth-order valence-corrected chi connectivity index (χ4v) is 7.77. The topological polar surface area (TPSA) is 27.7 Å². The van der Waals surface area contributed by atoms with E-state index in [0.29, 0.717) is 24.7 Å². The summed E-state index contributed by atoms with van der Waals surface area (Å²) in [7, 11) is 0. The van der Waals surface area contributed by atoms with Gasteiger partial charge in [-0.25, -0.2) is 17.6 Å². The van der Waals surface area contributed by atoms with Crippen molar-refractivity contribution in [2.75, 3.05) is 13.2 Å². The molecular weight excluding hydrogens is 701 g/mol. The molecule has 0 aromatic heterocycles. The third-order valence-corrected chi connectivity index (χ3v) is 10.7. The minimum atomic E-state index is -6.15. The van der Waals surface area contributed by atoms with Crippen LogP contribution in [0.1, 0.15) is 112 Å². The van der Waals surface area contributed by atoms with Crippen LogP contribution in [0.5, 0.6) is 5.75 Å². The lowest BCUT2D eigenvalue weighted by molar-refractivity contribution is -0.249. The van der Waals surface area contributed by atoms with E-state index in [4.69, 9.17) is 9.47 Å². The molecule has 0 spiro atoms. The van der Waals surface area contributed by atoms with Crippen LogP contribution in [0.3, 0.4) is 0 Å². The predicted molar refractivity (Wildman–Crippen MR) is 166 cm³/mol. The van der Waals surface area contributed by atoms with Crippen LogP contribution in [-0.2, 0) is 15.4 Å². The summed E-state index contributed by atoms with van der Waals surface area (Å²) in [5.41, 5.74) is -1.30. The van der Waals surface area contributed by atoms with Crippen molar-refractivity contribution in [1.82, 2.24) is 0 Å². The molecule has 286 valence electrons. The zero-order valence-corrected chi connectivity index (χ0v) is 28.2. The molecule has 1 unspecified atom stereocenters. The Morgan fingerprint density at radius 2 is 1.33 bits per heavy atom. The lowest BCUT2D eigenvalue weighted by Crippen LogP contribution is -2.41. The standard InChI is InChI=1S/C37H43F11O3/c1-2-3-4-5-21-19-49-33(50-20-21)24-8-6-22(7-9-24)25-12-15-28(29(38)16-25)23-10-13-26(14-11-23)37(47,48)51-27-17-30(39)32(31(40)18-27)35(42,43)34(41)36(44,45)46/h12,15-18,21-24,26,33-34H,2-11,13-14,19-20H2,1H3. The molecule has 2 aromatic rings. The summed E-state index contributed by atoms with van der Waals surface area (Å²) in [4.78, 5) is 0. The van der Waals surface area contributed by atoms with Crippen LogP contribution in [0.4, 0.5) is 48.3 Å². The highest BCUT2D eigenvalue weighted by Crippen LogP contribution is 2.47. The normalized spacial score (nSPS) is 27.3. The molecule has 2 aromatic carbocycles. The van der Waals surface area contributed by atoms with Crippen LogP contribution >= 0.6 is 0 Å². The van der Waals surface area contributed by atoms with Crippen LogP contribution in [0.25, 0.3) is 0 Å². The SMILES string of the molecule is CCCCCC1COC(C2CCC(c3ccc(C4CCC(C(F)(F)Oc5cc(F)c(C(F)(F)C(F)C(F)(F)F)c(F)c5)CC4)c(F)c3)CC2)OC1. The summed E-state index contributed by atoms with van der Waals surface area (Å²) in [6, 6.07) is 4.79. The first-order valence-corrected chi connectivity index (χ1v) is 17.7. The number of benzene rings is 2. The van der Waals surface area contributed by atoms with Gasteiger partial charge in [0.15, 0.2) is 6.29 Å². The maximum atomic E-state index is 15.4. The maximum absolute atomic E-state index is 15.4. The van der Waals surface area contributed by atoms with E-state index in [-0.39, 0.29) is 61.9 Å². The van der Waals surface area contributed by atoms with Gasteiger partial charge < -0.3 is 14.2 Å². The fourth-order valence-electron chi connectivity index (χ4n) is 7.77. The van der Waals surface area contributed by atoms with Gasteiger partial charge in [0.2, 0.25) is 0 Å². The Bertz CT molecular complexity index is 1420. The second-order valence-electron chi connectivity index (χ2n) is 14.3. The van der Waals surface area contributed by atoms with Crippen LogP contribution in [0.2, 0.25) is 0 Å². The molecule has 3 nitrogen and oxygen atoms in total. The molecule has 0 radical (unpaired) electrons. The van der Waals surface area contributed by atoms with E-state index >= 15 is 13.2 Å².